The van der Waals surface area contributed by atoms with Crippen molar-refractivity contribution in [1.82, 2.24) is 5.32 Å². The summed E-state index contributed by atoms with van der Waals surface area (Å²) in [5.41, 5.74) is 1.06. The standard InChI is InChI=1S/C12H15NO4/c1-17-10-4-2-9(3-5-10)6-7-13-11(14)8-12(15)16/h2-5H,6-8H2,1H3,(H,13,14)(H,15,16). The predicted molar refractivity (Wildman–Crippen MR) is 62.0 cm³/mol. The lowest BCUT2D eigenvalue weighted by molar-refractivity contribution is -0.140. The number of carboxylic acid groups (broad SMARTS) is 1. The van der Waals surface area contributed by atoms with Crippen molar-refractivity contribution < 1.29 is 19.4 Å². The minimum Gasteiger partial charge on any atom is -0.497 e. The molecule has 0 aliphatic rings. The summed E-state index contributed by atoms with van der Waals surface area (Å²) < 4.78 is 5.02. The third-order valence-electron chi connectivity index (χ3n) is 2.21. The highest BCUT2D eigenvalue weighted by Crippen LogP contribution is 2.11. The zero-order valence-corrected chi connectivity index (χ0v) is 9.60. The Morgan fingerprint density at radius 3 is 2.47 bits per heavy atom. The summed E-state index contributed by atoms with van der Waals surface area (Å²) in [5.74, 6) is -0.804. The van der Waals surface area contributed by atoms with Crippen LogP contribution in [0.15, 0.2) is 24.3 Å². The molecule has 92 valence electrons. The van der Waals surface area contributed by atoms with Crippen LogP contribution in [0.2, 0.25) is 0 Å². The van der Waals surface area contributed by atoms with Gasteiger partial charge < -0.3 is 15.2 Å². The minimum absolute atomic E-state index is 0.429. The van der Waals surface area contributed by atoms with E-state index in [1.54, 1.807) is 7.11 Å². The Bertz CT molecular complexity index is 386. The van der Waals surface area contributed by atoms with Gasteiger partial charge >= 0.3 is 5.97 Å². The number of hydrogen-bond acceptors (Lipinski definition) is 3. The Hall–Kier alpha value is -2.04. The van der Waals surface area contributed by atoms with E-state index in [9.17, 15) is 9.59 Å². The monoisotopic (exact) mass is 237 g/mol. The zero-order valence-electron chi connectivity index (χ0n) is 9.60. The highest BCUT2D eigenvalue weighted by Gasteiger charge is 2.06. The molecule has 0 atom stereocenters. The van der Waals surface area contributed by atoms with Crippen LogP contribution < -0.4 is 10.1 Å². The number of benzene rings is 1. The molecule has 0 spiro atoms. The first-order valence-electron chi connectivity index (χ1n) is 5.23. The number of aliphatic carboxylic acids is 1. The first kappa shape index (κ1) is 13.0. The Morgan fingerprint density at radius 2 is 1.94 bits per heavy atom. The molecule has 5 nitrogen and oxygen atoms in total. The van der Waals surface area contributed by atoms with Gasteiger partial charge in [0.25, 0.3) is 0 Å². The fraction of sp³-hybridized carbons (Fsp3) is 0.333. The summed E-state index contributed by atoms with van der Waals surface area (Å²) in [6.07, 6.45) is 0.179. The lowest BCUT2D eigenvalue weighted by Crippen LogP contribution is -2.27. The van der Waals surface area contributed by atoms with Crippen LogP contribution in [0.25, 0.3) is 0 Å². The topological polar surface area (TPSA) is 75.6 Å². The average molecular weight is 237 g/mol. The summed E-state index contributed by atoms with van der Waals surface area (Å²) in [6.45, 7) is 0.429. The molecule has 1 aromatic carbocycles. The normalized spacial score (nSPS) is 9.71. The molecular formula is C12H15NO4. The van der Waals surface area contributed by atoms with Gasteiger partial charge in [-0.2, -0.15) is 0 Å². The van der Waals surface area contributed by atoms with Crippen LogP contribution >= 0.6 is 0 Å². The molecular weight excluding hydrogens is 222 g/mol. The number of carbonyl (C=O) groups excluding carboxylic acids is 1. The second kappa shape index (κ2) is 6.52. The number of carboxylic acids is 1. The number of nitrogens with one attached hydrogen (secondary N) is 1. The smallest absolute Gasteiger partial charge is 0.312 e. The van der Waals surface area contributed by atoms with Gasteiger partial charge in [-0.25, -0.2) is 0 Å². The first-order chi connectivity index (χ1) is 8.11. The van der Waals surface area contributed by atoms with Gasteiger partial charge in [-0.1, -0.05) is 12.1 Å². The first-order valence-corrected chi connectivity index (χ1v) is 5.23. The van der Waals surface area contributed by atoms with Gasteiger partial charge in [0.2, 0.25) is 5.91 Å². The number of methoxy groups -OCH3 is 1. The van der Waals surface area contributed by atoms with Crippen molar-refractivity contribution in [2.24, 2.45) is 0 Å². The van der Waals surface area contributed by atoms with E-state index in [0.717, 1.165) is 11.3 Å². The van der Waals surface area contributed by atoms with Crippen molar-refractivity contribution in [2.75, 3.05) is 13.7 Å². The Labute approximate surface area is 99.4 Å². The van der Waals surface area contributed by atoms with Crippen LogP contribution in [0.3, 0.4) is 0 Å². The second-order valence-corrected chi connectivity index (χ2v) is 3.52. The van der Waals surface area contributed by atoms with Crippen molar-refractivity contribution in [3.8, 4) is 5.75 Å². The number of ether oxygens (including phenoxy) is 1. The van der Waals surface area contributed by atoms with E-state index in [1.165, 1.54) is 0 Å². The van der Waals surface area contributed by atoms with E-state index in [4.69, 9.17) is 9.84 Å². The highest BCUT2D eigenvalue weighted by molar-refractivity contribution is 5.93. The molecule has 0 unspecified atom stereocenters. The maximum absolute atomic E-state index is 11.0. The van der Waals surface area contributed by atoms with E-state index in [0.29, 0.717) is 13.0 Å². The van der Waals surface area contributed by atoms with Crippen LogP contribution in [0.1, 0.15) is 12.0 Å². The van der Waals surface area contributed by atoms with Crippen molar-refractivity contribution in [1.29, 1.82) is 0 Å². The number of rotatable bonds is 6. The molecule has 0 aliphatic carbocycles. The quantitative estimate of drug-likeness (QED) is 0.718. The third kappa shape index (κ3) is 5.01. The number of hydrogen-bond donors (Lipinski definition) is 2. The molecule has 0 saturated carbocycles. The van der Waals surface area contributed by atoms with Gasteiger partial charge in [-0.15, -0.1) is 0 Å². The Balaban J connectivity index is 2.30. The third-order valence-corrected chi connectivity index (χ3v) is 2.21. The number of amides is 1. The summed E-state index contributed by atoms with van der Waals surface area (Å²) in [4.78, 5) is 21.3. The molecule has 1 amide bonds. The van der Waals surface area contributed by atoms with Crippen LogP contribution in [0.5, 0.6) is 5.75 Å². The maximum atomic E-state index is 11.0. The van der Waals surface area contributed by atoms with Crippen molar-refractivity contribution in [3.63, 3.8) is 0 Å². The van der Waals surface area contributed by atoms with Gasteiger partial charge in [-0.3, -0.25) is 9.59 Å². The maximum Gasteiger partial charge on any atom is 0.312 e. The molecule has 0 saturated heterocycles. The molecule has 5 heteroatoms. The molecule has 0 bridgehead atoms. The zero-order chi connectivity index (χ0) is 12.7. The summed E-state index contributed by atoms with van der Waals surface area (Å²) in [5, 5.41) is 10.9. The van der Waals surface area contributed by atoms with Crippen molar-refractivity contribution >= 4 is 11.9 Å². The lowest BCUT2D eigenvalue weighted by atomic mass is 10.1. The van der Waals surface area contributed by atoms with Crippen LogP contribution in [0, 0.1) is 0 Å². The molecule has 0 aromatic heterocycles. The average Bonchev–Trinajstić information content (AvgIpc) is 2.29. The molecule has 0 aliphatic heterocycles. The van der Waals surface area contributed by atoms with Crippen LogP contribution in [-0.4, -0.2) is 30.6 Å². The van der Waals surface area contributed by atoms with E-state index < -0.39 is 18.3 Å². The van der Waals surface area contributed by atoms with E-state index >= 15 is 0 Å². The Morgan fingerprint density at radius 1 is 1.29 bits per heavy atom. The second-order valence-electron chi connectivity index (χ2n) is 3.52. The van der Waals surface area contributed by atoms with Gasteiger partial charge in [0.05, 0.1) is 7.11 Å². The van der Waals surface area contributed by atoms with E-state index in [-0.39, 0.29) is 0 Å². The Kier molecular flexibility index (Phi) is 5.00. The number of carbonyl (C=O) groups is 2. The summed E-state index contributed by atoms with van der Waals surface area (Å²) in [6, 6.07) is 7.49. The van der Waals surface area contributed by atoms with E-state index in [1.807, 2.05) is 24.3 Å². The molecule has 0 heterocycles. The highest BCUT2D eigenvalue weighted by atomic mass is 16.5. The summed E-state index contributed by atoms with van der Waals surface area (Å²) in [7, 11) is 1.60. The van der Waals surface area contributed by atoms with Crippen molar-refractivity contribution in [2.45, 2.75) is 12.8 Å². The lowest BCUT2D eigenvalue weighted by Gasteiger charge is -2.05. The molecule has 1 rings (SSSR count). The van der Waals surface area contributed by atoms with Gasteiger partial charge in [0.1, 0.15) is 12.2 Å². The largest absolute Gasteiger partial charge is 0.497 e. The van der Waals surface area contributed by atoms with Crippen LogP contribution in [0.4, 0.5) is 0 Å². The SMILES string of the molecule is COc1ccc(CCNC(=O)CC(=O)O)cc1. The fourth-order valence-electron chi connectivity index (χ4n) is 1.34. The summed E-state index contributed by atoms with van der Waals surface area (Å²) >= 11 is 0. The minimum atomic E-state index is -1.12. The van der Waals surface area contributed by atoms with E-state index in [2.05, 4.69) is 5.32 Å². The van der Waals surface area contributed by atoms with Gasteiger partial charge in [-0.05, 0) is 24.1 Å². The molecule has 2 N–H and O–H groups in total. The fourth-order valence-corrected chi connectivity index (χ4v) is 1.34. The molecule has 0 fully saturated rings. The molecule has 17 heavy (non-hydrogen) atoms. The van der Waals surface area contributed by atoms with Gasteiger partial charge in [0.15, 0.2) is 0 Å². The molecule has 1 aromatic rings. The van der Waals surface area contributed by atoms with Crippen LogP contribution in [-0.2, 0) is 16.0 Å². The molecule has 0 radical (unpaired) electrons. The predicted octanol–water partition coefficient (Wildman–Crippen LogP) is 0.829. The van der Waals surface area contributed by atoms with Crippen molar-refractivity contribution in [3.05, 3.63) is 29.8 Å². The van der Waals surface area contributed by atoms with Gasteiger partial charge in [0, 0.05) is 6.54 Å².